The Morgan fingerprint density at radius 1 is 1.19 bits per heavy atom. The van der Waals surface area contributed by atoms with E-state index in [0.29, 0.717) is 5.16 Å². The standard InChI is InChI=1S/C18H17F2N3O2S/c1-11(26-18-22-12-7-3-5-9-14(12)23(18)2)16(24)21-13-8-4-6-10-15(13)25-17(19)20/h3-11,17H,1-2H3,(H,21,24). The van der Waals surface area contributed by atoms with Gasteiger partial charge >= 0.3 is 6.61 Å². The minimum absolute atomic E-state index is 0.0734. The molecule has 5 nitrogen and oxygen atoms in total. The quantitative estimate of drug-likeness (QED) is 0.651. The third kappa shape index (κ3) is 3.96. The van der Waals surface area contributed by atoms with E-state index in [4.69, 9.17) is 0 Å². The fraction of sp³-hybridized carbons (Fsp3) is 0.222. The van der Waals surface area contributed by atoms with Crippen LogP contribution in [-0.2, 0) is 11.8 Å². The molecular formula is C18H17F2N3O2S. The normalized spacial score (nSPS) is 12.3. The summed E-state index contributed by atoms with van der Waals surface area (Å²) >= 11 is 1.29. The molecule has 3 aromatic rings. The summed E-state index contributed by atoms with van der Waals surface area (Å²) in [5, 5.41) is 2.85. The number of halogens is 2. The van der Waals surface area contributed by atoms with Crippen LogP contribution < -0.4 is 10.1 Å². The number of aromatic nitrogens is 2. The summed E-state index contributed by atoms with van der Waals surface area (Å²) in [5.41, 5.74) is 2.02. The molecule has 0 aliphatic rings. The zero-order valence-electron chi connectivity index (χ0n) is 14.1. The molecule has 1 N–H and O–H groups in total. The highest BCUT2D eigenvalue weighted by molar-refractivity contribution is 8.00. The first-order chi connectivity index (χ1) is 12.5. The maximum Gasteiger partial charge on any atom is 0.387 e. The number of imidazole rings is 1. The minimum atomic E-state index is -2.96. The van der Waals surface area contributed by atoms with Gasteiger partial charge in [-0.3, -0.25) is 4.79 Å². The first-order valence-electron chi connectivity index (χ1n) is 7.88. The van der Waals surface area contributed by atoms with Gasteiger partial charge in [0.25, 0.3) is 0 Å². The lowest BCUT2D eigenvalue weighted by Crippen LogP contribution is -2.23. The van der Waals surface area contributed by atoms with Crippen LogP contribution >= 0.6 is 11.8 Å². The number of carbonyl (C=O) groups excluding carboxylic acids is 1. The van der Waals surface area contributed by atoms with Crippen molar-refractivity contribution in [2.45, 2.75) is 23.9 Å². The van der Waals surface area contributed by atoms with Crippen molar-refractivity contribution in [1.29, 1.82) is 0 Å². The van der Waals surface area contributed by atoms with Crippen molar-refractivity contribution in [3.63, 3.8) is 0 Å². The van der Waals surface area contributed by atoms with Crippen molar-refractivity contribution in [2.75, 3.05) is 5.32 Å². The predicted octanol–water partition coefficient (Wildman–Crippen LogP) is 4.29. The number of benzene rings is 2. The van der Waals surface area contributed by atoms with Gasteiger partial charge in [-0.15, -0.1) is 0 Å². The number of aryl methyl sites for hydroxylation is 1. The van der Waals surface area contributed by atoms with E-state index in [1.807, 2.05) is 35.9 Å². The number of alkyl halides is 2. The molecule has 0 fully saturated rings. The van der Waals surface area contributed by atoms with Gasteiger partial charge in [0.05, 0.1) is 22.0 Å². The summed E-state index contributed by atoms with van der Waals surface area (Å²) in [6.45, 7) is -1.23. The molecule has 2 aromatic carbocycles. The first kappa shape index (κ1) is 18.2. The monoisotopic (exact) mass is 377 g/mol. The smallest absolute Gasteiger partial charge is 0.387 e. The Balaban J connectivity index is 1.73. The number of nitrogens with zero attached hydrogens (tertiary/aromatic N) is 2. The summed E-state index contributed by atoms with van der Waals surface area (Å²) in [4.78, 5) is 17.0. The number of anilines is 1. The Labute approximate surface area is 153 Å². The van der Waals surface area contributed by atoms with E-state index in [0.717, 1.165) is 11.0 Å². The van der Waals surface area contributed by atoms with Gasteiger partial charge < -0.3 is 14.6 Å². The number of ether oxygens (including phenoxy) is 1. The summed E-state index contributed by atoms with van der Waals surface area (Å²) in [7, 11) is 1.88. The summed E-state index contributed by atoms with van der Waals surface area (Å²) in [5.74, 6) is -0.400. The molecule has 0 aliphatic heterocycles. The second kappa shape index (κ2) is 7.74. The van der Waals surface area contributed by atoms with E-state index in [1.54, 1.807) is 19.1 Å². The van der Waals surface area contributed by atoms with Gasteiger partial charge in [0, 0.05) is 7.05 Å². The predicted molar refractivity (Wildman–Crippen MR) is 97.7 cm³/mol. The highest BCUT2D eigenvalue weighted by Gasteiger charge is 2.20. The highest BCUT2D eigenvalue weighted by Crippen LogP contribution is 2.29. The lowest BCUT2D eigenvalue weighted by molar-refractivity contribution is -0.115. The molecule has 1 unspecified atom stereocenters. The number of para-hydroxylation sites is 4. The lowest BCUT2D eigenvalue weighted by atomic mass is 10.3. The Bertz CT molecular complexity index is 930. The van der Waals surface area contributed by atoms with Crippen molar-refractivity contribution in [1.82, 2.24) is 9.55 Å². The van der Waals surface area contributed by atoms with Crippen molar-refractivity contribution < 1.29 is 18.3 Å². The first-order valence-corrected chi connectivity index (χ1v) is 8.76. The van der Waals surface area contributed by atoms with E-state index in [-0.39, 0.29) is 17.3 Å². The average Bonchev–Trinajstić information content (AvgIpc) is 2.92. The molecule has 1 atom stereocenters. The molecule has 1 aromatic heterocycles. The van der Waals surface area contributed by atoms with Crippen LogP contribution in [0.1, 0.15) is 6.92 Å². The Hall–Kier alpha value is -2.61. The maximum absolute atomic E-state index is 12.5. The van der Waals surface area contributed by atoms with Crippen LogP contribution in [0.3, 0.4) is 0 Å². The second-order valence-electron chi connectivity index (χ2n) is 5.57. The number of hydrogen-bond donors (Lipinski definition) is 1. The number of thioether (sulfide) groups is 1. The van der Waals surface area contributed by atoms with Crippen LogP contribution in [-0.4, -0.2) is 27.3 Å². The molecule has 0 bridgehead atoms. The highest BCUT2D eigenvalue weighted by atomic mass is 32.2. The van der Waals surface area contributed by atoms with Gasteiger partial charge in [0.15, 0.2) is 5.16 Å². The topological polar surface area (TPSA) is 56.2 Å². The Kier molecular flexibility index (Phi) is 5.41. The molecular weight excluding hydrogens is 360 g/mol. The third-order valence-corrected chi connectivity index (χ3v) is 4.90. The maximum atomic E-state index is 12.5. The number of hydrogen-bond acceptors (Lipinski definition) is 4. The van der Waals surface area contributed by atoms with Crippen LogP contribution in [0.4, 0.5) is 14.5 Å². The van der Waals surface area contributed by atoms with E-state index in [2.05, 4.69) is 15.0 Å². The van der Waals surface area contributed by atoms with Gasteiger partial charge in [-0.1, -0.05) is 36.0 Å². The van der Waals surface area contributed by atoms with Crippen LogP contribution in [0.2, 0.25) is 0 Å². The SMILES string of the molecule is CC(Sc1nc2ccccc2n1C)C(=O)Nc1ccccc1OC(F)F. The van der Waals surface area contributed by atoms with E-state index < -0.39 is 11.9 Å². The van der Waals surface area contributed by atoms with Crippen LogP contribution in [0.15, 0.2) is 53.7 Å². The number of nitrogens with one attached hydrogen (secondary N) is 1. The van der Waals surface area contributed by atoms with Crippen molar-refractivity contribution in [3.05, 3.63) is 48.5 Å². The third-order valence-electron chi connectivity index (χ3n) is 3.76. The minimum Gasteiger partial charge on any atom is -0.433 e. The molecule has 0 saturated heterocycles. The molecule has 8 heteroatoms. The Morgan fingerprint density at radius 3 is 2.62 bits per heavy atom. The summed E-state index contributed by atoms with van der Waals surface area (Å²) in [6, 6.07) is 13.8. The van der Waals surface area contributed by atoms with E-state index >= 15 is 0 Å². The molecule has 0 radical (unpaired) electrons. The van der Waals surface area contributed by atoms with Gasteiger partial charge in [0.2, 0.25) is 5.91 Å². The molecule has 0 aliphatic carbocycles. The number of rotatable bonds is 6. The zero-order chi connectivity index (χ0) is 18.7. The molecule has 1 amide bonds. The van der Waals surface area contributed by atoms with Crippen LogP contribution in [0.25, 0.3) is 11.0 Å². The molecule has 26 heavy (non-hydrogen) atoms. The zero-order valence-corrected chi connectivity index (χ0v) is 15.0. The van der Waals surface area contributed by atoms with Crippen molar-refractivity contribution >= 4 is 34.4 Å². The lowest BCUT2D eigenvalue weighted by Gasteiger charge is -2.14. The van der Waals surface area contributed by atoms with Crippen molar-refractivity contribution in [2.24, 2.45) is 7.05 Å². The number of carbonyl (C=O) groups is 1. The van der Waals surface area contributed by atoms with Crippen LogP contribution in [0, 0.1) is 0 Å². The summed E-state index contributed by atoms with van der Waals surface area (Å²) < 4.78 is 31.3. The van der Waals surface area contributed by atoms with Gasteiger partial charge in [-0.25, -0.2) is 4.98 Å². The molecule has 1 heterocycles. The second-order valence-corrected chi connectivity index (χ2v) is 6.87. The van der Waals surface area contributed by atoms with E-state index in [9.17, 15) is 13.6 Å². The largest absolute Gasteiger partial charge is 0.433 e. The van der Waals surface area contributed by atoms with Gasteiger partial charge in [0.1, 0.15) is 5.75 Å². The molecule has 0 spiro atoms. The van der Waals surface area contributed by atoms with E-state index in [1.165, 1.54) is 23.9 Å². The average molecular weight is 377 g/mol. The number of amides is 1. The molecule has 0 saturated carbocycles. The molecule has 3 rings (SSSR count). The Morgan fingerprint density at radius 2 is 1.88 bits per heavy atom. The fourth-order valence-corrected chi connectivity index (χ4v) is 3.33. The van der Waals surface area contributed by atoms with Crippen molar-refractivity contribution in [3.8, 4) is 5.75 Å². The van der Waals surface area contributed by atoms with Gasteiger partial charge in [-0.05, 0) is 31.2 Å². The number of fused-ring (bicyclic) bond motifs is 1. The van der Waals surface area contributed by atoms with Crippen LogP contribution in [0.5, 0.6) is 5.75 Å². The molecule has 136 valence electrons. The van der Waals surface area contributed by atoms with Gasteiger partial charge in [-0.2, -0.15) is 8.78 Å². The summed E-state index contributed by atoms with van der Waals surface area (Å²) in [6.07, 6.45) is 0. The fourth-order valence-electron chi connectivity index (χ4n) is 2.44.